The largest absolute Gasteiger partial charge is 0.496 e. The maximum Gasteiger partial charge on any atom is 0.264 e. The van der Waals surface area contributed by atoms with E-state index < -0.39 is 15.9 Å². The van der Waals surface area contributed by atoms with Crippen molar-refractivity contribution in [1.29, 1.82) is 0 Å². The number of anilines is 2. The number of hydrogen-bond donors (Lipinski definition) is 1. The molecule has 166 valence electrons. The van der Waals surface area contributed by atoms with Crippen LogP contribution in [-0.4, -0.2) is 33.0 Å². The monoisotopic (exact) mass is 459 g/mol. The molecular weight excluding hydrogens is 438 g/mol. The summed E-state index contributed by atoms with van der Waals surface area (Å²) in [5.74, 6) is -0.186. The van der Waals surface area contributed by atoms with Gasteiger partial charge in [-0.1, -0.05) is 24.3 Å². The van der Waals surface area contributed by atoms with E-state index in [0.717, 1.165) is 16.5 Å². The highest BCUT2D eigenvalue weighted by atomic mass is 32.2. The minimum atomic E-state index is -3.85. The lowest BCUT2D eigenvalue weighted by Gasteiger charge is -2.20. The lowest BCUT2D eigenvalue weighted by molar-refractivity contribution is 0.102. The van der Waals surface area contributed by atoms with Gasteiger partial charge in [-0.3, -0.25) is 14.1 Å². The molecule has 0 spiro atoms. The van der Waals surface area contributed by atoms with Gasteiger partial charge in [0.25, 0.3) is 15.9 Å². The van der Waals surface area contributed by atoms with Crippen LogP contribution >= 0.6 is 0 Å². The van der Waals surface area contributed by atoms with Gasteiger partial charge in [-0.25, -0.2) is 8.42 Å². The highest BCUT2D eigenvalue weighted by Crippen LogP contribution is 2.34. The number of para-hydroxylation sites is 1. The van der Waals surface area contributed by atoms with Crippen molar-refractivity contribution in [2.24, 2.45) is 0 Å². The van der Waals surface area contributed by atoms with Crippen LogP contribution in [0, 0.1) is 0 Å². The van der Waals surface area contributed by atoms with E-state index in [1.165, 1.54) is 29.6 Å². The summed E-state index contributed by atoms with van der Waals surface area (Å²) in [5.41, 5.74) is 3.10. The van der Waals surface area contributed by atoms with E-state index in [4.69, 9.17) is 4.74 Å². The Balaban J connectivity index is 1.52. The van der Waals surface area contributed by atoms with Gasteiger partial charge in [0.05, 0.1) is 34.5 Å². The number of rotatable bonds is 5. The number of sulfonamides is 1. The Morgan fingerprint density at radius 1 is 1.03 bits per heavy atom. The van der Waals surface area contributed by atoms with E-state index in [9.17, 15) is 13.2 Å². The van der Waals surface area contributed by atoms with Crippen LogP contribution in [0.1, 0.15) is 15.9 Å². The van der Waals surface area contributed by atoms with Crippen LogP contribution in [0.25, 0.3) is 10.9 Å². The number of ether oxygens (including phenoxy) is 1. The fourth-order valence-corrected chi connectivity index (χ4v) is 5.64. The first-order valence-electron chi connectivity index (χ1n) is 10.4. The molecule has 0 aliphatic carbocycles. The third-order valence-electron chi connectivity index (χ3n) is 5.74. The maximum absolute atomic E-state index is 13.4. The molecule has 1 aliphatic heterocycles. The van der Waals surface area contributed by atoms with Crippen LogP contribution in [0.15, 0.2) is 83.9 Å². The number of carbonyl (C=O) groups excluding carboxylic acids is 1. The lowest BCUT2D eigenvalue weighted by Crippen LogP contribution is -2.29. The van der Waals surface area contributed by atoms with Crippen LogP contribution in [0.5, 0.6) is 5.75 Å². The lowest BCUT2D eigenvalue weighted by atomic mass is 10.1. The van der Waals surface area contributed by atoms with E-state index in [-0.39, 0.29) is 16.2 Å². The van der Waals surface area contributed by atoms with Crippen LogP contribution in [0.3, 0.4) is 0 Å². The summed E-state index contributed by atoms with van der Waals surface area (Å²) in [7, 11) is -2.41. The second-order valence-electron chi connectivity index (χ2n) is 7.65. The molecule has 1 amide bonds. The molecule has 0 fully saturated rings. The standard InChI is InChI=1S/C25H21N3O4S/c1-32-24-12-11-18(33(30,31)28-15-13-17-6-2-3-10-23(17)28)16-20(24)25(29)27-22-9-4-8-21-19(22)7-5-14-26-21/h2-12,14,16H,13,15H2,1H3,(H,27,29). The smallest absolute Gasteiger partial charge is 0.264 e. The topological polar surface area (TPSA) is 88.6 Å². The SMILES string of the molecule is COc1ccc(S(=O)(=O)N2CCc3ccccc32)cc1C(=O)Nc1cccc2ncccc12. The molecule has 4 aromatic rings. The molecule has 1 aromatic heterocycles. The van der Waals surface area contributed by atoms with Gasteiger partial charge in [-0.15, -0.1) is 0 Å². The van der Waals surface area contributed by atoms with Crippen molar-refractivity contribution < 1.29 is 17.9 Å². The Hall–Kier alpha value is -3.91. The summed E-state index contributed by atoms with van der Waals surface area (Å²) in [6.07, 6.45) is 2.33. The number of methoxy groups -OCH3 is 1. The zero-order valence-corrected chi connectivity index (χ0v) is 18.7. The number of hydrogen-bond acceptors (Lipinski definition) is 5. The Labute approximate surface area is 191 Å². The predicted octanol–water partition coefficient (Wildman–Crippen LogP) is 4.25. The van der Waals surface area contributed by atoms with Crippen LogP contribution in [0.4, 0.5) is 11.4 Å². The van der Waals surface area contributed by atoms with Crippen molar-refractivity contribution in [1.82, 2.24) is 4.98 Å². The average molecular weight is 460 g/mol. The Bertz CT molecular complexity index is 1480. The van der Waals surface area contributed by atoms with Crippen molar-refractivity contribution in [2.45, 2.75) is 11.3 Å². The van der Waals surface area contributed by atoms with E-state index in [1.54, 1.807) is 30.5 Å². The second-order valence-corrected chi connectivity index (χ2v) is 9.51. The summed E-state index contributed by atoms with van der Waals surface area (Å²) in [5, 5.41) is 3.65. The van der Waals surface area contributed by atoms with Gasteiger partial charge >= 0.3 is 0 Å². The molecule has 2 heterocycles. The minimum Gasteiger partial charge on any atom is -0.496 e. The number of pyridine rings is 1. The fraction of sp³-hybridized carbons (Fsp3) is 0.120. The van der Waals surface area contributed by atoms with Gasteiger partial charge in [-0.2, -0.15) is 0 Å². The maximum atomic E-state index is 13.4. The normalized spacial score (nSPS) is 13.1. The number of fused-ring (bicyclic) bond motifs is 2. The van der Waals surface area contributed by atoms with E-state index in [1.807, 2.05) is 30.3 Å². The molecule has 0 radical (unpaired) electrons. The summed E-state index contributed by atoms with van der Waals surface area (Å²) >= 11 is 0. The van der Waals surface area contributed by atoms with Crippen molar-refractivity contribution in [2.75, 3.05) is 23.3 Å². The van der Waals surface area contributed by atoms with E-state index in [2.05, 4.69) is 10.3 Å². The van der Waals surface area contributed by atoms with Gasteiger partial charge in [0.1, 0.15) is 5.75 Å². The molecule has 1 N–H and O–H groups in total. The molecule has 0 atom stereocenters. The number of aromatic nitrogens is 1. The van der Waals surface area contributed by atoms with Gasteiger partial charge in [0, 0.05) is 18.1 Å². The van der Waals surface area contributed by atoms with Crippen molar-refractivity contribution in [3.05, 3.63) is 90.1 Å². The Kier molecular flexibility index (Phi) is 5.22. The summed E-state index contributed by atoms with van der Waals surface area (Å²) in [6, 6.07) is 20.9. The zero-order chi connectivity index (χ0) is 23.0. The van der Waals surface area contributed by atoms with Crippen LogP contribution in [-0.2, 0) is 16.4 Å². The summed E-state index contributed by atoms with van der Waals surface area (Å²) in [4.78, 5) is 17.6. The quantitative estimate of drug-likeness (QED) is 0.482. The van der Waals surface area contributed by atoms with Crippen molar-refractivity contribution in [3.63, 3.8) is 0 Å². The highest BCUT2D eigenvalue weighted by Gasteiger charge is 2.31. The van der Waals surface area contributed by atoms with Gasteiger partial charge in [0.2, 0.25) is 0 Å². The molecule has 7 nitrogen and oxygen atoms in total. The first kappa shape index (κ1) is 21.0. The van der Waals surface area contributed by atoms with Crippen LogP contribution < -0.4 is 14.4 Å². The molecular formula is C25H21N3O4S. The molecule has 3 aromatic carbocycles. The molecule has 1 aliphatic rings. The first-order chi connectivity index (χ1) is 16.0. The zero-order valence-electron chi connectivity index (χ0n) is 17.9. The number of nitrogens with zero attached hydrogens (tertiary/aromatic N) is 2. The van der Waals surface area contributed by atoms with Gasteiger partial charge in [-0.05, 0) is 60.5 Å². The van der Waals surface area contributed by atoms with Crippen molar-refractivity contribution in [3.8, 4) is 5.75 Å². The molecule has 33 heavy (non-hydrogen) atoms. The Morgan fingerprint density at radius 3 is 2.73 bits per heavy atom. The number of nitrogens with one attached hydrogen (secondary N) is 1. The fourth-order valence-electron chi connectivity index (χ4n) is 4.11. The highest BCUT2D eigenvalue weighted by molar-refractivity contribution is 7.92. The predicted molar refractivity (Wildman–Crippen MR) is 127 cm³/mol. The molecule has 0 saturated heterocycles. The molecule has 0 unspecified atom stereocenters. The molecule has 5 rings (SSSR count). The Morgan fingerprint density at radius 2 is 1.88 bits per heavy atom. The van der Waals surface area contributed by atoms with Crippen LogP contribution in [0.2, 0.25) is 0 Å². The van der Waals surface area contributed by atoms with Gasteiger partial charge in [0.15, 0.2) is 0 Å². The molecule has 8 heteroatoms. The molecule has 0 saturated carbocycles. The first-order valence-corrected chi connectivity index (χ1v) is 11.9. The number of carbonyl (C=O) groups is 1. The third-order valence-corrected chi connectivity index (χ3v) is 7.55. The number of amides is 1. The van der Waals surface area contributed by atoms with Gasteiger partial charge < -0.3 is 10.1 Å². The van der Waals surface area contributed by atoms with Crippen molar-refractivity contribution >= 4 is 38.2 Å². The van der Waals surface area contributed by atoms with E-state index >= 15 is 0 Å². The second kappa shape index (κ2) is 8.22. The summed E-state index contributed by atoms with van der Waals surface area (Å²) < 4.78 is 33.7. The molecule has 0 bridgehead atoms. The number of benzene rings is 3. The minimum absolute atomic E-state index is 0.0322. The summed E-state index contributed by atoms with van der Waals surface area (Å²) in [6.45, 7) is 0.359. The average Bonchev–Trinajstić information content (AvgIpc) is 3.29. The van der Waals surface area contributed by atoms with E-state index in [0.29, 0.717) is 24.3 Å². The third kappa shape index (κ3) is 3.68.